The van der Waals surface area contributed by atoms with E-state index in [1.807, 2.05) is 18.5 Å². The molecule has 0 bridgehead atoms. The number of rotatable bonds is 5. The van der Waals surface area contributed by atoms with E-state index in [9.17, 15) is 4.79 Å². The number of hydrogen-bond donors (Lipinski definition) is 1. The van der Waals surface area contributed by atoms with E-state index in [0.717, 1.165) is 24.2 Å². The summed E-state index contributed by atoms with van der Waals surface area (Å²) in [7, 11) is 3.35. The van der Waals surface area contributed by atoms with Gasteiger partial charge in [-0.15, -0.1) is 40.8 Å². The predicted octanol–water partition coefficient (Wildman–Crippen LogP) is 1.11. The van der Waals surface area contributed by atoms with Crippen molar-refractivity contribution in [3.05, 3.63) is 24.3 Å². The van der Waals surface area contributed by atoms with Gasteiger partial charge in [0.25, 0.3) is 0 Å². The number of halogens is 1. The molecule has 2 rings (SSSR count). The molecule has 1 aliphatic heterocycles. The molecule has 0 aliphatic carbocycles. The highest BCUT2D eigenvalue weighted by Gasteiger charge is 2.36. The first-order valence-electron chi connectivity index (χ1n) is 8.04. The summed E-state index contributed by atoms with van der Waals surface area (Å²) < 4.78 is 6.81. The molecule has 1 saturated heterocycles. The zero-order valence-electron chi connectivity index (χ0n) is 15.2. The number of guanidine groups is 1. The minimum absolute atomic E-state index is 0. The van der Waals surface area contributed by atoms with Crippen molar-refractivity contribution in [2.45, 2.75) is 20.4 Å². The second kappa shape index (κ2) is 9.73. The van der Waals surface area contributed by atoms with Gasteiger partial charge in [0.2, 0.25) is 0 Å². The summed E-state index contributed by atoms with van der Waals surface area (Å²) in [4.78, 5) is 18.6. The number of nitrogens with one attached hydrogen (secondary N) is 1. The number of carbonyl (C=O) groups is 1. The Morgan fingerprint density at radius 1 is 1.48 bits per heavy atom. The Morgan fingerprint density at radius 3 is 2.76 bits per heavy atom. The Bertz CT molecular complexity index is 630. The summed E-state index contributed by atoms with van der Waals surface area (Å²) in [6, 6.07) is 0. The molecule has 0 spiro atoms. The van der Waals surface area contributed by atoms with Crippen LogP contribution in [0.15, 0.2) is 17.6 Å². The topological polar surface area (TPSA) is 84.6 Å². The third-order valence-corrected chi connectivity index (χ3v) is 4.37. The predicted molar refractivity (Wildman–Crippen MR) is 107 cm³/mol. The zero-order chi connectivity index (χ0) is 17.7. The molecule has 2 atom stereocenters. The maximum Gasteiger partial charge on any atom is 0.310 e. The van der Waals surface area contributed by atoms with Gasteiger partial charge >= 0.3 is 5.97 Å². The second-order valence-corrected chi connectivity index (χ2v) is 6.04. The number of esters is 1. The van der Waals surface area contributed by atoms with Gasteiger partial charge in [0.1, 0.15) is 12.4 Å². The molecule has 0 amide bonds. The van der Waals surface area contributed by atoms with Crippen LogP contribution in [-0.2, 0) is 23.1 Å². The van der Waals surface area contributed by atoms with Crippen LogP contribution in [0.5, 0.6) is 0 Å². The Labute approximate surface area is 165 Å². The van der Waals surface area contributed by atoms with E-state index in [4.69, 9.17) is 4.74 Å². The number of methoxy groups -OCH3 is 1. The van der Waals surface area contributed by atoms with Crippen LogP contribution in [0.4, 0.5) is 0 Å². The Hall–Kier alpha value is -1.65. The summed E-state index contributed by atoms with van der Waals surface area (Å²) in [5.41, 5.74) is 0. The molecule has 8 nitrogen and oxygen atoms in total. The van der Waals surface area contributed by atoms with Crippen molar-refractivity contribution in [1.29, 1.82) is 0 Å². The van der Waals surface area contributed by atoms with E-state index in [1.165, 1.54) is 7.11 Å². The van der Waals surface area contributed by atoms with Crippen molar-refractivity contribution in [3.8, 4) is 0 Å². The molecule has 1 aromatic rings. The van der Waals surface area contributed by atoms with Gasteiger partial charge in [-0.1, -0.05) is 13.0 Å². The monoisotopic (exact) mass is 462 g/mol. The SMILES string of the molecule is C=CCNC(=NCc1nnc(C)n1C)N1CC(C)C(C(=O)OC)C1.I. The van der Waals surface area contributed by atoms with E-state index >= 15 is 0 Å². The molecule has 140 valence electrons. The van der Waals surface area contributed by atoms with Gasteiger partial charge in [-0.25, -0.2) is 4.99 Å². The number of nitrogens with zero attached hydrogens (tertiary/aromatic N) is 5. The summed E-state index contributed by atoms with van der Waals surface area (Å²) in [5.74, 6) is 2.29. The Kier molecular flexibility index (Phi) is 8.33. The average Bonchev–Trinajstić information content (AvgIpc) is 3.11. The van der Waals surface area contributed by atoms with Crippen molar-refractivity contribution in [2.24, 2.45) is 23.9 Å². The van der Waals surface area contributed by atoms with Crippen LogP contribution in [0, 0.1) is 18.8 Å². The molecule has 1 aliphatic rings. The van der Waals surface area contributed by atoms with E-state index in [-0.39, 0.29) is 41.8 Å². The fraction of sp³-hybridized carbons (Fsp3) is 0.625. The van der Waals surface area contributed by atoms with Crippen LogP contribution >= 0.6 is 24.0 Å². The first kappa shape index (κ1) is 21.4. The third-order valence-electron chi connectivity index (χ3n) is 4.37. The lowest BCUT2D eigenvalue weighted by Crippen LogP contribution is -2.40. The average molecular weight is 462 g/mol. The number of aliphatic imine (C=N–C) groups is 1. The number of aryl methyl sites for hydroxylation is 1. The summed E-state index contributed by atoms with van der Waals surface area (Å²) >= 11 is 0. The number of hydrogen-bond acceptors (Lipinski definition) is 5. The van der Waals surface area contributed by atoms with Crippen LogP contribution in [0.2, 0.25) is 0 Å². The molecule has 0 saturated carbocycles. The first-order chi connectivity index (χ1) is 11.5. The van der Waals surface area contributed by atoms with Gasteiger partial charge in [-0.2, -0.15) is 0 Å². The van der Waals surface area contributed by atoms with Gasteiger partial charge in [0.05, 0.1) is 13.0 Å². The van der Waals surface area contributed by atoms with Crippen LogP contribution < -0.4 is 5.32 Å². The fourth-order valence-corrected chi connectivity index (χ4v) is 2.76. The molecule has 2 unspecified atom stereocenters. The van der Waals surface area contributed by atoms with Gasteiger partial charge in [0, 0.05) is 26.7 Å². The molecule has 25 heavy (non-hydrogen) atoms. The second-order valence-electron chi connectivity index (χ2n) is 6.04. The van der Waals surface area contributed by atoms with Crippen LogP contribution in [0.3, 0.4) is 0 Å². The highest BCUT2D eigenvalue weighted by molar-refractivity contribution is 14.0. The van der Waals surface area contributed by atoms with Crippen molar-refractivity contribution in [3.63, 3.8) is 0 Å². The van der Waals surface area contributed by atoms with Crippen molar-refractivity contribution >= 4 is 35.9 Å². The van der Waals surface area contributed by atoms with Crippen molar-refractivity contribution < 1.29 is 9.53 Å². The first-order valence-corrected chi connectivity index (χ1v) is 8.04. The van der Waals surface area contributed by atoms with Gasteiger partial charge < -0.3 is 19.5 Å². The van der Waals surface area contributed by atoms with E-state index in [1.54, 1.807) is 6.08 Å². The van der Waals surface area contributed by atoms with E-state index in [2.05, 4.69) is 38.9 Å². The Morgan fingerprint density at radius 2 is 2.20 bits per heavy atom. The summed E-state index contributed by atoms with van der Waals surface area (Å²) in [6.07, 6.45) is 1.78. The molecule has 1 fully saturated rings. The zero-order valence-corrected chi connectivity index (χ0v) is 17.6. The largest absolute Gasteiger partial charge is 0.469 e. The van der Waals surface area contributed by atoms with Gasteiger partial charge in [-0.05, 0) is 12.8 Å². The molecule has 9 heteroatoms. The lowest BCUT2D eigenvalue weighted by atomic mass is 9.99. The van der Waals surface area contributed by atoms with Gasteiger partial charge in [0.15, 0.2) is 11.8 Å². The van der Waals surface area contributed by atoms with Gasteiger partial charge in [-0.3, -0.25) is 4.79 Å². The minimum atomic E-state index is -0.169. The van der Waals surface area contributed by atoms with E-state index in [0.29, 0.717) is 19.6 Å². The summed E-state index contributed by atoms with van der Waals surface area (Å²) in [6.45, 7) is 10.1. The lowest BCUT2D eigenvalue weighted by molar-refractivity contribution is -0.145. The van der Waals surface area contributed by atoms with Crippen LogP contribution in [0.1, 0.15) is 18.6 Å². The van der Waals surface area contributed by atoms with Crippen molar-refractivity contribution in [1.82, 2.24) is 25.0 Å². The number of ether oxygens (including phenoxy) is 1. The standard InChI is InChI=1S/C16H26N6O2.HI/c1-6-7-17-16(18-8-14-20-19-12(3)21(14)4)22-9-11(2)13(10-22)15(23)24-5;/h6,11,13H,1,7-10H2,2-5H3,(H,17,18);1H. The molecule has 1 N–H and O–H groups in total. The summed E-state index contributed by atoms with van der Waals surface area (Å²) in [5, 5.41) is 11.4. The quantitative estimate of drug-likeness (QED) is 0.232. The molecular formula is C16H27IN6O2. The van der Waals surface area contributed by atoms with Crippen LogP contribution in [-0.4, -0.2) is 58.3 Å². The molecular weight excluding hydrogens is 435 g/mol. The fourth-order valence-electron chi connectivity index (χ4n) is 2.76. The smallest absolute Gasteiger partial charge is 0.310 e. The van der Waals surface area contributed by atoms with E-state index < -0.39 is 0 Å². The lowest BCUT2D eigenvalue weighted by Gasteiger charge is -2.21. The number of carbonyl (C=O) groups excluding carboxylic acids is 1. The highest BCUT2D eigenvalue weighted by Crippen LogP contribution is 2.24. The molecule has 0 aromatic carbocycles. The Balaban J connectivity index is 0.00000312. The minimum Gasteiger partial charge on any atom is -0.469 e. The maximum absolute atomic E-state index is 11.9. The molecule has 1 aromatic heterocycles. The highest BCUT2D eigenvalue weighted by atomic mass is 127. The molecule has 2 heterocycles. The van der Waals surface area contributed by atoms with Crippen molar-refractivity contribution in [2.75, 3.05) is 26.7 Å². The number of likely N-dealkylation sites (tertiary alicyclic amines) is 1. The van der Waals surface area contributed by atoms with Crippen LogP contribution in [0.25, 0.3) is 0 Å². The molecule has 0 radical (unpaired) electrons. The third kappa shape index (κ3) is 5.16. The number of aromatic nitrogens is 3. The normalized spacial score (nSPS) is 20.2. The maximum atomic E-state index is 11.9.